The Kier molecular flexibility index (Phi) is 17.4. The number of amides is 1. The number of hydrogen-bond acceptors (Lipinski definition) is 7. The van der Waals surface area contributed by atoms with E-state index in [9.17, 15) is 4.79 Å². The van der Waals surface area contributed by atoms with Gasteiger partial charge in [-0.05, 0) is 55.4 Å². The molecule has 0 radical (unpaired) electrons. The fourth-order valence-corrected chi connectivity index (χ4v) is 3.75. The van der Waals surface area contributed by atoms with Crippen LogP contribution in [0.2, 0.25) is 0 Å². The maximum Gasteiger partial charge on any atom is 0.251 e. The van der Waals surface area contributed by atoms with E-state index in [1.54, 1.807) is 0 Å². The molecule has 39 heavy (non-hydrogen) atoms. The topological polar surface area (TPSA) is 93.1 Å². The van der Waals surface area contributed by atoms with Crippen LogP contribution in [0.5, 0.6) is 0 Å². The predicted octanol–water partition coefficient (Wildman–Crippen LogP) is 4.30. The SMILES string of the molecule is CCc1cnn(C(C)c2ccc(C(=O)NCCOCCOCCOCCOCCOCCCC(C)C)cc2)c1. The molecule has 1 aromatic heterocycles. The number of aromatic nitrogens is 2. The minimum atomic E-state index is -0.114. The lowest BCUT2D eigenvalue weighted by Crippen LogP contribution is -2.27. The smallest absolute Gasteiger partial charge is 0.251 e. The second-order valence-corrected chi connectivity index (χ2v) is 9.83. The standard InChI is InChI=1S/C30H49N3O6/c1-5-27-23-32-33(24-27)26(4)28-8-10-29(11-9-28)30(34)31-12-14-36-16-18-38-20-22-39-21-19-37-17-15-35-13-6-7-25(2)3/h8-11,23-26H,5-7,12-22H2,1-4H3,(H,31,34). The van der Waals surface area contributed by atoms with Gasteiger partial charge in [0.2, 0.25) is 0 Å². The molecule has 1 aromatic carbocycles. The number of ether oxygens (including phenoxy) is 5. The first-order chi connectivity index (χ1) is 19.0. The van der Waals surface area contributed by atoms with E-state index < -0.39 is 0 Å². The van der Waals surface area contributed by atoms with Crippen LogP contribution in [0.4, 0.5) is 0 Å². The molecule has 0 spiro atoms. The van der Waals surface area contributed by atoms with Gasteiger partial charge in [-0.25, -0.2) is 0 Å². The maximum atomic E-state index is 12.4. The molecule has 220 valence electrons. The van der Waals surface area contributed by atoms with E-state index >= 15 is 0 Å². The number of carbonyl (C=O) groups excluding carboxylic acids is 1. The Hall–Kier alpha value is -2.30. The summed E-state index contributed by atoms with van der Waals surface area (Å²) in [5.41, 5.74) is 2.94. The molecule has 0 aliphatic carbocycles. The first-order valence-corrected chi connectivity index (χ1v) is 14.3. The average molecular weight is 548 g/mol. The fraction of sp³-hybridized carbons (Fsp3) is 0.667. The van der Waals surface area contributed by atoms with Gasteiger partial charge in [0.05, 0.1) is 71.7 Å². The quantitative estimate of drug-likeness (QED) is 0.207. The monoisotopic (exact) mass is 547 g/mol. The molecule has 0 bridgehead atoms. The zero-order valence-electron chi connectivity index (χ0n) is 24.4. The fourth-order valence-electron chi connectivity index (χ4n) is 3.75. The van der Waals surface area contributed by atoms with Crippen molar-refractivity contribution in [2.75, 3.05) is 72.6 Å². The summed E-state index contributed by atoms with van der Waals surface area (Å²) in [7, 11) is 0. The first-order valence-electron chi connectivity index (χ1n) is 14.3. The molecule has 1 unspecified atom stereocenters. The van der Waals surface area contributed by atoms with Crippen molar-refractivity contribution in [2.45, 2.75) is 53.0 Å². The summed E-state index contributed by atoms with van der Waals surface area (Å²) in [4.78, 5) is 12.4. The highest BCUT2D eigenvalue weighted by Crippen LogP contribution is 2.18. The molecule has 0 fully saturated rings. The Balaban J connectivity index is 1.39. The van der Waals surface area contributed by atoms with Gasteiger partial charge in [0.15, 0.2) is 0 Å². The van der Waals surface area contributed by atoms with Gasteiger partial charge >= 0.3 is 0 Å². The van der Waals surface area contributed by atoms with Crippen LogP contribution in [-0.2, 0) is 30.1 Å². The Morgan fingerprint density at radius 1 is 0.821 bits per heavy atom. The highest BCUT2D eigenvalue weighted by Gasteiger charge is 2.11. The normalized spacial score (nSPS) is 12.2. The van der Waals surface area contributed by atoms with Crippen LogP contribution in [0, 0.1) is 5.92 Å². The van der Waals surface area contributed by atoms with Crippen LogP contribution in [0.25, 0.3) is 0 Å². The van der Waals surface area contributed by atoms with Crippen LogP contribution < -0.4 is 5.32 Å². The number of rotatable bonds is 23. The Labute approximate surface area is 234 Å². The molecule has 9 heteroatoms. The number of nitrogens with one attached hydrogen (secondary N) is 1. The molecule has 1 amide bonds. The van der Waals surface area contributed by atoms with E-state index in [-0.39, 0.29) is 11.9 Å². The third-order valence-corrected chi connectivity index (χ3v) is 6.21. The molecule has 2 aromatic rings. The van der Waals surface area contributed by atoms with Gasteiger partial charge in [-0.15, -0.1) is 0 Å². The summed E-state index contributed by atoms with van der Waals surface area (Å²) in [5.74, 6) is 0.614. The minimum absolute atomic E-state index is 0.109. The van der Waals surface area contributed by atoms with Crippen molar-refractivity contribution in [2.24, 2.45) is 5.92 Å². The van der Waals surface area contributed by atoms with Crippen molar-refractivity contribution in [3.8, 4) is 0 Å². The maximum absolute atomic E-state index is 12.4. The number of aryl methyl sites for hydroxylation is 1. The van der Waals surface area contributed by atoms with Crippen molar-refractivity contribution in [1.29, 1.82) is 0 Å². The molecular weight excluding hydrogens is 498 g/mol. The molecule has 1 heterocycles. The van der Waals surface area contributed by atoms with Crippen LogP contribution in [0.3, 0.4) is 0 Å². The zero-order valence-corrected chi connectivity index (χ0v) is 24.4. The summed E-state index contributed by atoms with van der Waals surface area (Å²) < 4.78 is 29.5. The molecule has 0 aliphatic heterocycles. The van der Waals surface area contributed by atoms with Gasteiger partial charge in [-0.3, -0.25) is 9.48 Å². The number of nitrogens with zero attached hydrogens (tertiary/aromatic N) is 2. The molecule has 1 N–H and O–H groups in total. The number of hydrogen-bond donors (Lipinski definition) is 1. The Morgan fingerprint density at radius 3 is 1.87 bits per heavy atom. The lowest BCUT2D eigenvalue weighted by Gasteiger charge is -2.13. The van der Waals surface area contributed by atoms with Crippen LogP contribution in [0.15, 0.2) is 36.7 Å². The van der Waals surface area contributed by atoms with Crippen LogP contribution in [0.1, 0.15) is 68.1 Å². The van der Waals surface area contributed by atoms with Gasteiger partial charge in [0, 0.05) is 24.9 Å². The predicted molar refractivity (Wildman–Crippen MR) is 152 cm³/mol. The minimum Gasteiger partial charge on any atom is -0.379 e. The molecule has 0 saturated carbocycles. The van der Waals surface area contributed by atoms with Crippen molar-refractivity contribution < 1.29 is 28.5 Å². The van der Waals surface area contributed by atoms with Crippen LogP contribution in [-0.4, -0.2) is 88.3 Å². The summed E-state index contributed by atoms with van der Waals surface area (Å²) in [6.07, 6.45) is 7.23. The first kappa shape index (κ1) is 32.9. The molecular formula is C30H49N3O6. The van der Waals surface area contributed by atoms with E-state index in [4.69, 9.17) is 23.7 Å². The lowest BCUT2D eigenvalue weighted by atomic mass is 10.1. The van der Waals surface area contributed by atoms with Gasteiger partial charge in [-0.1, -0.05) is 32.9 Å². The number of carbonyl (C=O) groups is 1. The van der Waals surface area contributed by atoms with E-state index in [0.29, 0.717) is 71.6 Å². The lowest BCUT2D eigenvalue weighted by molar-refractivity contribution is -0.0110. The van der Waals surface area contributed by atoms with Gasteiger partial charge in [0.25, 0.3) is 5.91 Å². The summed E-state index contributed by atoms with van der Waals surface area (Å²) in [6, 6.07) is 7.75. The van der Waals surface area contributed by atoms with E-state index in [2.05, 4.69) is 44.3 Å². The van der Waals surface area contributed by atoms with Crippen molar-refractivity contribution in [3.05, 3.63) is 53.3 Å². The largest absolute Gasteiger partial charge is 0.379 e. The summed E-state index contributed by atoms with van der Waals surface area (Å²) >= 11 is 0. The highest BCUT2D eigenvalue weighted by molar-refractivity contribution is 5.94. The second kappa shape index (κ2) is 20.6. The average Bonchev–Trinajstić information content (AvgIpc) is 3.43. The summed E-state index contributed by atoms with van der Waals surface area (Å²) in [6.45, 7) is 14.6. The third kappa shape index (κ3) is 14.6. The molecule has 0 aliphatic rings. The van der Waals surface area contributed by atoms with Gasteiger partial charge in [0.1, 0.15) is 0 Å². The van der Waals surface area contributed by atoms with E-state index in [0.717, 1.165) is 30.9 Å². The Bertz CT molecular complexity index is 887. The van der Waals surface area contributed by atoms with E-state index in [1.807, 2.05) is 35.1 Å². The second-order valence-electron chi connectivity index (χ2n) is 9.83. The van der Waals surface area contributed by atoms with Crippen molar-refractivity contribution >= 4 is 5.91 Å². The Morgan fingerprint density at radius 2 is 1.36 bits per heavy atom. The van der Waals surface area contributed by atoms with Crippen LogP contribution >= 0.6 is 0 Å². The molecule has 2 rings (SSSR count). The zero-order chi connectivity index (χ0) is 28.1. The molecule has 9 nitrogen and oxygen atoms in total. The number of benzene rings is 1. The van der Waals surface area contributed by atoms with E-state index in [1.165, 1.54) is 12.0 Å². The van der Waals surface area contributed by atoms with Crippen molar-refractivity contribution in [1.82, 2.24) is 15.1 Å². The summed E-state index contributed by atoms with van der Waals surface area (Å²) in [5, 5.41) is 7.32. The van der Waals surface area contributed by atoms with Gasteiger partial charge < -0.3 is 29.0 Å². The highest BCUT2D eigenvalue weighted by atomic mass is 16.6. The van der Waals surface area contributed by atoms with Gasteiger partial charge in [-0.2, -0.15) is 5.10 Å². The van der Waals surface area contributed by atoms with Crippen molar-refractivity contribution in [3.63, 3.8) is 0 Å². The molecule has 1 atom stereocenters. The molecule has 0 saturated heterocycles. The third-order valence-electron chi connectivity index (χ3n) is 6.21.